The molecule has 2 amide bonds. The van der Waals surface area contributed by atoms with Crippen molar-refractivity contribution in [1.29, 1.82) is 0 Å². The number of hydrogen-bond donors (Lipinski definition) is 2. The maximum Gasteiger partial charge on any atom is 0.329 e. The summed E-state index contributed by atoms with van der Waals surface area (Å²) in [4.78, 5) is 25.2. The molecule has 0 unspecified atom stereocenters. The van der Waals surface area contributed by atoms with E-state index in [-0.39, 0.29) is 6.03 Å². The van der Waals surface area contributed by atoms with Gasteiger partial charge in [0, 0.05) is 13.6 Å². The highest BCUT2D eigenvalue weighted by Crippen LogP contribution is 2.32. The summed E-state index contributed by atoms with van der Waals surface area (Å²) in [5.41, 5.74) is -1.07. The van der Waals surface area contributed by atoms with Gasteiger partial charge in [0.1, 0.15) is 5.54 Å². The van der Waals surface area contributed by atoms with E-state index >= 15 is 0 Å². The molecule has 0 bridgehead atoms. The Hall–Kier alpha value is -1.26. The van der Waals surface area contributed by atoms with Crippen molar-refractivity contribution < 1.29 is 14.7 Å². The summed E-state index contributed by atoms with van der Waals surface area (Å²) >= 11 is 0. The molecule has 1 aliphatic rings. The molecule has 1 fully saturated rings. The zero-order chi connectivity index (χ0) is 14.6. The third kappa shape index (κ3) is 4.11. The second kappa shape index (κ2) is 6.26. The van der Waals surface area contributed by atoms with Gasteiger partial charge in [-0.05, 0) is 37.5 Å². The highest BCUT2D eigenvalue weighted by atomic mass is 16.4. The summed E-state index contributed by atoms with van der Waals surface area (Å²) in [6.45, 7) is 6.80. The zero-order valence-electron chi connectivity index (χ0n) is 12.4. The lowest BCUT2D eigenvalue weighted by molar-refractivity contribution is -0.146. The molecule has 0 aromatic heterocycles. The smallest absolute Gasteiger partial charge is 0.329 e. The van der Waals surface area contributed by atoms with Crippen LogP contribution in [0.15, 0.2) is 0 Å². The van der Waals surface area contributed by atoms with Crippen LogP contribution < -0.4 is 5.32 Å². The van der Waals surface area contributed by atoms with Crippen LogP contribution in [0.2, 0.25) is 0 Å². The van der Waals surface area contributed by atoms with Crippen molar-refractivity contribution in [3.05, 3.63) is 0 Å². The van der Waals surface area contributed by atoms with Crippen LogP contribution >= 0.6 is 0 Å². The average molecular weight is 270 g/mol. The number of nitrogens with one attached hydrogen (secondary N) is 1. The fourth-order valence-corrected chi connectivity index (χ4v) is 2.58. The van der Waals surface area contributed by atoms with E-state index in [4.69, 9.17) is 0 Å². The predicted molar refractivity (Wildman–Crippen MR) is 74.0 cm³/mol. The minimum absolute atomic E-state index is 0.286. The minimum Gasteiger partial charge on any atom is -0.480 e. The number of carbonyl (C=O) groups excluding carboxylic acids is 1. The van der Waals surface area contributed by atoms with E-state index in [1.54, 1.807) is 11.9 Å². The van der Waals surface area contributed by atoms with Gasteiger partial charge in [0.05, 0.1) is 0 Å². The SMILES string of the molecule is CC(C)CN(C)C(=O)NC1(C(=O)O)CCC(C)CC1. The zero-order valence-corrected chi connectivity index (χ0v) is 12.4. The highest BCUT2D eigenvalue weighted by Gasteiger charge is 2.42. The van der Waals surface area contributed by atoms with Gasteiger partial charge in [0.15, 0.2) is 0 Å². The van der Waals surface area contributed by atoms with Crippen molar-refractivity contribution in [2.75, 3.05) is 13.6 Å². The van der Waals surface area contributed by atoms with Gasteiger partial charge in [-0.15, -0.1) is 0 Å². The molecule has 1 aliphatic carbocycles. The van der Waals surface area contributed by atoms with Crippen molar-refractivity contribution in [1.82, 2.24) is 10.2 Å². The average Bonchev–Trinajstić information content (AvgIpc) is 2.31. The van der Waals surface area contributed by atoms with Crippen molar-refractivity contribution >= 4 is 12.0 Å². The molecule has 5 heteroatoms. The van der Waals surface area contributed by atoms with Gasteiger partial charge in [-0.25, -0.2) is 9.59 Å². The first-order chi connectivity index (χ1) is 8.77. The third-order valence-electron chi connectivity index (χ3n) is 3.87. The molecule has 110 valence electrons. The lowest BCUT2D eigenvalue weighted by Crippen LogP contribution is -2.59. The molecule has 0 spiro atoms. The highest BCUT2D eigenvalue weighted by molar-refractivity contribution is 5.86. The van der Waals surface area contributed by atoms with E-state index in [0.717, 1.165) is 12.8 Å². The van der Waals surface area contributed by atoms with Crippen LogP contribution in [0.4, 0.5) is 4.79 Å². The first-order valence-electron chi connectivity index (χ1n) is 7.03. The van der Waals surface area contributed by atoms with Crippen LogP contribution in [0, 0.1) is 11.8 Å². The Kier molecular flexibility index (Phi) is 5.20. The van der Waals surface area contributed by atoms with Gasteiger partial charge in [-0.3, -0.25) is 0 Å². The maximum absolute atomic E-state index is 12.1. The first kappa shape index (κ1) is 15.8. The molecular formula is C14H26N2O3. The number of aliphatic carboxylic acids is 1. The third-order valence-corrected chi connectivity index (χ3v) is 3.87. The Morgan fingerprint density at radius 2 is 1.89 bits per heavy atom. The second-order valence-electron chi connectivity index (χ2n) is 6.27. The van der Waals surface area contributed by atoms with E-state index in [1.807, 2.05) is 13.8 Å². The molecule has 2 N–H and O–H groups in total. The Morgan fingerprint density at radius 1 is 1.37 bits per heavy atom. The van der Waals surface area contributed by atoms with Crippen molar-refractivity contribution in [2.24, 2.45) is 11.8 Å². The number of carbonyl (C=O) groups is 2. The van der Waals surface area contributed by atoms with Gasteiger partial charge >= 0.3 is 12.0 Å². The van der Waals surface area contributed by atoms with Crippen molar-refractivity contribution in [3.8, 4) is 0 Å². The number of hydrogen-bond acceptors (Lipinski definition) is 2. The number of amides is 2. The fraction of sp³-hybridized carbons (Fsp3) is 0.857. The van der Waals surface area contributed by atoms with Gasteiger partial charge in [-0.2, -0.15) is 0 Å². The van der Waals surface area contributed by atoms with Crippen LogP contribution in [-0.2, 0) is 4.79 Å². The van der Waals surface area contributed by atoms with Crippen LogP contribution in [0.5, 0.6) is 0 Å². The van der Waals surface area contributed by atoms with E-state index in [0.29, 0.717) is 31.2 Å². The summed E-state index contributed by atoms with van der Waals surface area (Å²) in [5.74, 6) is -0.00799. The summed E-state index contributed by atoms with van der Waals surface area (Å²) in [7, 11) is 1.70. The summed E-state index contributed by atoms with van der Waals surface area (Å²) in [5, 5.41) is 12.2. The molecule has 0 aromatic rings. The van der Waals surface area contributed by atoms with E-state index in [2.05, 4.69) is 12.2 Å². The molecule has 0 saturated heterocycles. The van der Waals surface area contributed by atoms with Crippen LogP contribution in [0.3, 0.4) is 0 Å². The molecule has 19 heavy (non-hydrogen) atoms. The summed E-state index contributed by atoms with van der Waals surface area (Å²) < 4.78 is 0. The Balaban J connectivity index is 2.69. The Bertz CT molecular complexity index is 334. The largest absolute Gasteiger partial charge is 0.480 e. The van der Waals surface area contributed by atoms with Crippen molar-refractivity contribution in [3.63, 3.8) is 0 Å². The molecule has 1 rings (SSSR count). The molecule has 0 aliphatic heterocycles. The van der Waals surface area contributed by atoms with Crippen LogP contribution in [-0.4, -0.2) is 41.1 Å². The molecule has 0 radical (unpaired) electrons. The molecule has 0 heterocycles. The molecular weight excluding hydrogens is 244 g/mol. The van der Waals surface area contributed by atoms with Gasteiger partial charge in [-0.1, -0.05) is 20.8 Å². The quantitative estimate of drug-likeness (QED) is 0.823. The Morgan fingerprint density at radius 3 is 2.32 bits per heavy atom. The number of rotatable bonds is 4. The number of urea groups is 1. The van der Waals surface area contributed by atoms with E-state index < -0.39 is 11.5 Å². The summed E-state index contributed by atoms with van der Waals surface area (Å²) in [6.07, 6.45) is 2.73. The Labute approximate surface area is 115 Å². The lowest BCUT2D eigenvalue weighted by atomic mass is 9.77. The molecule has 5 nitrogen and oxygen atoms in total. The van der Waals surface area contributed by atoms with Crippen molar-refractivity contribution in [2.45, 2.75) is 52.0 Å². The van der Waals surface area contributed by atoms with Gasteiger partial charge in [0.25, 0.3) is 0 Å². The number of carboxylic acids is 1. The number of nitrogens with zero attached hydrogens (tertiary/aromatic N) is 1. The fourth-order valence-electron chi connectivity index (χ4n) is 2.58. The normalized spacial score (nSPS) is 27.1. The van der Waals surface area contributed by atoms with E-state index in [1.165, 1.54) is 0 Å². The maximum atomic E-state index is 12.1. The monoisotopic (exact) mass is 270 g/mol. The number of carboxylic acid groups (broad SMARTS) is 1. The molecule has 0 aromatic carbocycles. The second-order valence-corrected chi connectivity index (χ2v) is 6.27. The van der Waals surface area contributed by atoms with Gasteiger partial charge in [0.2, 0.25) is 0 Å². The standard InChI is InChI=1S/C14H26N2O3/c1-10(2)9-16(4)13(19)15-14(12(17)18)7-5-11(3)6-8-14/h10-11H,5-9H2,1-4H3,(H,15,19)(H,17,18). The lowest BCUT2D eigenvalue weighted by Gasteiger charge is -2.37. The first-order valence-corrected chi connectivity index (χ1v) is 7.03. The van der Waals surface area contributed by atoms with Crippen LogP contribution in [0.25, 0.3) is 0 Å². The van der Waals surface area contributed by atoms with Crippen LogP contribution in [0.1, 0.15) is 46.5 Å². The van der Waals surface area contributed by atoms with E-state index in [9.17, 15) is 14.7 Å². The molecule has 0 atom stereocenters. The summed E-state index contributed by atoms with van der Waals surface area (Å²) in [6, 6.07) is -0.286. The molecule has 1 saturated carbocycles. The minimum atomic E-state index is -1.07. The predicted octanol–water partition coefficient (Wildman–Crippen LogP) is 2.32. The topological polar surface area (TPSA) is 69.6 Å². The van der Waals surface area contributed by atoms with Gasteiger partial charge < -0.3 is 15.3 Å².